The normalized spacial score (nSPS) is 16.1. The molecule has 2 heterocycles. The highest BCUT2D eigenvalue weighted by atomic mass is 19.4. The maximum atomic E-state index is 12.9. The molecule has 1 saturated heterocycles. The Labute approximate surface area is 136 Å². The van der Waals surface area contributed by atoms with Crippen molar-refractivity contribution in [3.8, 4) is 0 Å². The van der Waals surface area contributed by atoms with E-state index in [0.717, 1.165) is 12.2 Å². The Bertz CT molecular complexity index is 700. The van der Waals surface area contributed by atoms with E-state index in [0.29, 0.717) is 32.4 Å². The number of nitrogens with zero attached hydrogens (tertiary/aromatic N) is 3. The molecule has 0 saturated carbocycles. The van der Waals surface area contributed by atoms with Gasteiger partial charge in [0.2, 0.25) is 5.76 Å². The van der Waals surface area contributed by atoms with Crippen LogP contribution in [0.2, 0.25) is 0 Å². The van der Waals surface area contributed by atoms with Crippen molar-refractivity contribution in [2.45, 2.75) is 12.6 Å². The van der Waals surface area contributed by atoms with Crippen LogP contribution in [0.4, 0.5) is 18.9 Å². The molecule has 0 radical (unpaired) electrons. The predicted molar refractivity (Wildman–Crippen MR) is 80.7 cm³/mol. The SMILES string of the molecule is O=C(c1ncoc1C(F)(F)F)N1CCCN(c2ccccc2)CC1. The van der Waals surface area contributed by atoms with E-state index in [9.17, 15) is 18.0 Å². The lowest BCUT2D eigenvalue weighted by Crippen LogP contribution is -2.36. The summed E-state index contributed by atoms with van der Waals surface area (Å²) in [5.41, 5.74) is 0.361. The number of benzene rings is 1. The Kier molecular flexibility index (Phi) is 4.46. The van der Waals surface area contributed by atoms with Gasteiger partial charge in [0.1, 0.15) is 0 Å². The molecule has 1 aliphatic rings. The molecule has 1 aromatic heterocycles. The monoisotopic (exact) mass is 339 g/mol. The van der Waals surface area contributed by atoms with Crippen LogP contribution in [0.15, 0.2) is 41.1 Å². The summed E-state index contributed by atoms with van der Waals surface area (Å²) in [6, 6.07) is 9.70. The maximum Gasteiger partial charge on any atom is 0.452 e. The van der Waals surface area contributed by atoms with Gasteiger partial charge in [-0.2, -0.15) is 13.2 Å². The summed E-state index contributed by atoms with van der Waals surface area (Å²) in [5, 5.41) is 0. The van der Waals surface area contributed by atoms with Crippen LogP contribution in [0.3, 0.4) is 0 Å². The van der Waals surface area contributed by atoms with Gasteiger partial charge < -0.3 is 14.2 Å². The fourth-order valence-electron chi connectivity index (χ4n) is 2.77. The first kappa shape index (κ1) is 16.4. The Hall–Kier alpha value is -2.51. The van der Waals surface area contributed by atoms with Crippen molar-refractivity contribution in [3.05, 3.63) is 48.2 Å². The van der Waals surface area contributed by atoms with Gasteiger partial charge in [0, 0.05) is 31.9 Å². The number of rotatable bonds is 2. The molecule has 0 aliphatic carbocycles. The summed E-state index contributed by atoms with van der Waals surface area (Å²) in [7, 11) is 0. The number of anilines is 1. The largest absolute Gasteiger partial charge is 0.452 e. The first-order valence-corrected chi connectivity index (χ1v) is 7.57. The van der Waals surface area contributed by atoms with Crippen LogP contribution in [-0.2, 0) is 6.18 Å². The molecule has 0 bridgehead atoms. The van der Waals surface area contributed by atoms with Crippen LogP contribution in [0, 0.1) is 0 Å². The molecular formula is C16H16F3N3O2. The summed E-state index contributed by atoms with van der Waals surface area (Å²) >= 11 is 0. The third kappa shape index (κ3) is 3.37. The third-order valence-electron chi connectivity index (χ3n) is 3.93. The van der Waals surface area contributed by atoms with Crippen molar-refractivity contribution in [3.63, 3.8) is 0 Å². The number of hydrogen-bond donors (Lipinski definition) is 0. The van der Waals surface area contributed by atoms with Gasteiger partial charge in [-0.05, 0) is 18.6 Å². The minimum atomic E-state index is -4.73. The van der Waals surface area contributed by atoms with Crippen molar-refractivity contribution in [2.24, 2.45) is 0 Å². The number of carbonyl (C=O) groups excluding carboxylic acids is 1. The maximum absolute atomic E-state index is 12.9. The van der Waals surface area contributed by atoms with E-state index >= 15 is 0 Å². The molecule has 24 heavy (non-hydrogen) atoms. The molecule has 1 amide bonds. The van der Waals surface area contributed by atoms with Crippen molar-refractivity contribution in [1.29, 1.82) is 0 Å². The molecule has 0 atom stereocenters. The van der Waals surface area contributed by atoms with E-state index in [2.05, 4.69) is 14.3 Å². The van der Waals surface area contributed by atoms with Crippen LogP contribution in [0.25, 0.3) is 0 Å². The highest BCUT2D eigenvalue weighted by Crippen LogP contribution is 2.32. The molecule has 2 aromatic rings. The van der Waals surface area contributed by atoms with Gasteiger partial charge in [0.25, 0.3) is 5.91 Å². The number of carbonyl (C=O) groups is 1. The molecule has 8 heteroatoms. The lowest BCUT2D eigenvalue weighted by Gasteiger charge is -2.23. The first-order chi connectivity index (χ1) is 11.5. The number of alkyl halides is 3. The van der Waals surface area contributed by atoms with Gasteiger partial charge in [-0.3, -0.25) is 4.79 Å². The molecule has 128 valence electrons. The summed E-state index contributed by atoms with van der Waals surface area (Å²) in [6.45, 7) is 2.00. The van der Waals surface area contributed by atoms with Crippen LogP contribution in [0.1, 0.15) is 22.7 Å². The van der Waals surface area contributed by atoms with E-state index in [1.165, 1.54) is 4.90 Å². The average molecular weight is 339 g/mol. The summed E-state index contributed by atoms with van der Waals surface area (Å²) < 4.78 is 42.9. The van der Waals surface area contributed by atoms with E-state index in [4.69, 9.17) is 0 Å². The second-order valence-corrected chi connectivity index (χ2v) is 5.50. The Morgan fingerprint density at radius 2 is 1.83 bits per heavy atom. The van der Waals surface area contributed by atoms with E-state index in [1.807, 2.05) is 30.3 Å². The number of amides is 1. The van der Waals surface area contributed by atoms with Crippen LogP contribution in [0.5, 0.6) is 0 Å². The van der Waals surface area contributed by atoms with Crippen molar-refractivity contribution in [1.82, 2.24) is 9.88 Å². The number of hydrogen-bond acceptors (Lipinski definition) is 4. The van der Waals surface area contributed by atoms with Gasteiger partial charge >= 0.3 is 6.18 Å². The lowest BCUT2D eigenvalue weighted by atomic mass is 10.2. The van der Waals surface area contributed by atoms with Gasteiger partial charge in [-0.1, -0.05) is 18.2 Å². The number of oxazole rings is 1. The van der Waals surface area contributed by atoms with E-state index in [1.54, 1.807) is 0 Å². The standard InChI is InChI=1S/C16H16F3N3O2/c17-16(18,19)14-13(20-11-24-14)15(23)22-8-4-7-21(9-10-22)12-5-2-1-3-6-12/h1-3,5-6,11H,4,7-10H2. The summed E-state index contributed by atoms with van der Waals surface area (Å²) in [5.74, 6) is -2.08. The number of para-hydroxylation sites is 1. The molecule has 0 N–H and O–H groups in total. The Balaban J connectivity index is 1.73. The summed E-state index contributed by atoms with van der Waals surface area (Å²) in [6.07, 6.45) is -3.41. The lowest BCUT2D eigenvalue weighted by molar-refractivity contribution is -0.153. The van der Waals surface area contributed by atoms with Crippen molar-refractivity contribution in [2.75, 3.05) is 31.1 Å². The molecule has 1 aliphatic heterocycles. The van der Waals surface area contributed by atoms with Crippen molar-refractivity contribution < 1.29 is 22.4 Å². The first-order valence-electron chi connectivity index (χ1n) is 7.57. The minimum absolute atomic E-state index is 0.331. The van der Waals surface area contributed by atoms with Gasteiger partial charge in [0.15, 0.2) is 12.1 Å². The zero-order chi connectivity index (χ0) is 17.2. The Morgan fingerprint density at radius 3 is 2.54 bits per heavy atom. The third-order valence-corrected chi connectivity index (χ3v) is 3.93. The molecule has 1 aromatic carbocycles. The average Bonchev–Trinajstić information content (AvgIpc) is 2.94. The van der Waals surface area contributed by atoms with Crippen LogP contribution >= 0.6 is 0 Å². The van der Waals surface area contributed by atoms with Gasteiger partial charge in [-0.15, -0.1) is 0 Å². The molecule has 0 spiro atoms. The molecule has 3 rings (SSSR count). The van der Waals surface area contributed by atoms with Crippen molar-refractivity contribution >= 4 is 11.6 Å². The predicted octanol–water partition coefficient (Wildman–Crippen LogP) is 3.05. The smallest absolute Gasteiger partial charge is 0.438 e. The number of halogens is 3. The summed E-state index contributed by atoms with van der Waals surface area (Å²) in [4.78, 5) is 19.4. The zero-order valence-electron chi connectivity index (χ0n) is 12.8. The highest BCUT2D eigenvalue weighted by Gasteiger charge is 2.41. The molecule has 0 unspecified atom stereocenters. The second kappa shape index (κ2) is 6.54. The Morgan fingerprint density at radius 1 is 1.08 bits per heavy atom. The molecular weight excluding hydrogens is 323 g/mol. The van der Waals surface area contributed by atoms with E-state index in [-0.39, 0.29) is 0 Å². The second-order valence-electron chi connectivity index (χ2n) is 5.50. The van der Waals surface area contributed by atoms with Gasteiger partial charge in [0.05, 0.1) is 0 Å². The van der Waals surface area contributed by atoms with Gasteiger partial charge in [-0.25, -0.2) is 4.98 Å². The van der Waals surface area contributed by atoms with Crippen LogP contribution in [-0.4, -0.2) is 42.0 Å². The fourth-order valence-corrected chi connectivity index (χ4v) is 2.77. The van der Waals surface area contributed by atoms with E-state index < -0.39 is 23.5 Å². The highest BCUT2D eigenvalue weighted by molar-refractivity contribution is 5.93. The fraction of sp³-hybridized carbons (Fsp3) is 0.375. The quantitative estimate of drug-likeness (QED) is 0.844. The molecule has 1 fully saturated rings. The van der Waals surface area contributed by atoms with Crippen LogP contribution < -0.4 is 4.90 Å². The minimum Gasteiger partial charge on any atom is -0.438 e. The number of aromatic nitrogens is 1. The topological polar surface area (TPSA) is 49.6 Å². The molecule has 5 nitrogen and oxygen atoms in total. The zero-order valence-corrected chi connectivity index (χ0v) is 12.8.